The van der Waals surface area contributed by atoms with Crippen molar-refractivity contribution in [3.63, 3.8) is 0 Å². The Bertz CT molecular complexity index is 989. The quantitative estimate of drug-likeness (QED) is 0.550. The smallest absolute Gasteiger partial charge is 0.306 e. The SMILES string of the molecule is O=C(COC(=O)C[C@@H]1CCS(=O)(=O)C1)Nc1ccc(N=Nc2ccccc2)cc1. The molecule has 1 fully saturated rings. The van der Waals surface area contributed by atoms with Gasteiger partial charge in [-0.3, -0.25) is 9.59 Å². The Balaban J connectivity index is 1.42. The summed E-state index contributed by atoms with van der Waals surface area (Å²) in [6.07, 6.45) is 0.464. The predicted octanol–water partition coefficient (Wildman–Crippen LogP) is 3.41. The summed E-state index contributed by atoms with van der Waals surface area (Å²) in [5, 5.41) is 10.8. The number of esters is 1. The molecule has 29 heavy (non-hydrogen) atoms. The van der Waals surface area contributed by atoms with Crippen LogP contribution in [0, 0.1) is 5.92 Å². The van der Waals surface area contributed by atoms with Crippen LogP contribution in [0.3, 0.4) is 0 Å². The summed E-state index contributed by atoms with van der Waals surface area (Å²) in [4.78, 5) is 23.7. The van der Waals surface area contributed by atoms with Crippen molar-refractivity contribution in [1.29, 1.82) is 0 Å². The van der Waals surface area contributed by atoms with Crippen LogP contribution >= 0.6 is 0 Å². The summed E-state index contributed by atoms with van der Waals surface area (Å²) in [5.41, 5.74) is 1.90. The topological polar surface area (TPSA) is 114 Å². The maximum Gasteiger partial charge on any atom is 0.306 e. The van der Waals surface area contributed by atoms with Gasteiger partial charge in [0.05, 0.1) is 22.9 Å². The first-order valence-electron chi connectivity index (χ1n) is 9.12. The van der Waals surface area contributed by atoms with Gasteiger partial charge < -0.3 is 10.1 Å². The molecule has 0 aromatic heterocycles. The molecule has 2 aromatic rings. The van der Waals surface area contributed by atoms with Crippen molar-refractivity contribution in [2.45, 2.75) is 12.8 Å². The average molecular weight is 415 g/mol. The number of ether oxygens (including phenoxy) is 1. The molecule has 1 aliphatic heterocycles. The first-order chi connectivity index (χ1) is 13.9. The van der Waals surface area contributed by atoms with Crippen molar-refractivity contribution in [1.82, 2.24) is 0 Å². The van der Waals surface area contributed by atoms with E-state index in [9.17, 15) is 18.0 Å². The van der Waals surface area contributed by atoms with Crippen LogP contribution in [-0.4, -0.2) is 38.4 Å². The summed E-state index contributed by atoms with van der Waals surface area (Å²) in [6, 6.07) is 16.1. The molecular weight excluding hydrogens is 394 g/mol. The number of sulfone groups is 1. The van der Waals surface area contributed by atoms with E-state index in [0.717, 1.165) is 5.69 Å². The van der Waals surface area contributed by atoms with E-state index in [2.05, 4.69) is 15.5 Å². The molecule has 3 rings (SSSR count). The summed E-state index contributed by atoms with van der Waals surface area (Å²) < 4.78 is 27.7. The van der Waals surface area contributed by atoms with E-state index in [1.807, 2.05) is 30.3 Å². The molecular formula is C20H21N3O5S. The zero-order valence-electron chi connectivity index (χ0n) is 15.7. The van der Waals surface area contributed by atoms with E-state index in [4.69, 9.17) is 4.74 Å². The number of nitrogens with one attached hydrogen (secondary N) is 1. The molecule has 2 aromatic carbocycles. The van der Waals surface area contributed by atoms with E-state index in [0.29, 0.717) is 17.8 Å². The van der Waals surface area contributed by atoms with Crippen molar-refractivity contribution in [3.05, 3.63) is 54.6 Å². The second-order valence-electron chi connectivity index (χ2n) is 6.76. The van der Waals surface area contributed by atoms with E-state index < -0.39 is 28.3 Å². The van der Waals surface area contributed by atoms with Crippen LogP contribution in [0.4, 0.5) is 17.1 Å². The van der Waals surface area contributed by atoms with Gasteiger partial charge in [0, 0.05) is 12.1 Å². The standard InChI is InChI=1S/C20H21N3O5S/c24-19(13-28-20(25)12-15-10-11-29(26,27)14-15)21-16-6-8-18(9-7-16)23-22-17-4-2-1-3-5-17/h1-9,15H,10-14H2,(H,21,24)/t15-/m0/s1. The number of azo groups is 1. The molecule has 0 unspecified atom stereocenters. The third kappa shape index (κ3) is 6.79. The third-order valence-corrected chi connectivity index (χ3v) is 6.17. The zero-order chi connectivity index (χ0) is 20.7. The summed E-state index contributed by atoms with van der Waals surface area (Å²) >= 11 is 0. The van der Waals surface area contributed by atoms with E-state index in [1.54, 1.807) is 24.3 Å². The lowest BCUT2D eigenvalue weighted by Crippen LogP contribution is -2.22. The van der Waals surface area contributed by atoms with Crippen molar-refractivity contribution < 1.29 is 22.7 Å². The monoisotopic (exact) mass is 415 g/mol. The minimum Gasteiger partial charge on any atom is -0.456 e. The Morgan fingerprint density at radius 3 is 2.28 bits per heavy atom. The maximum atomic E-state index is 11.9. The molecule has 1 saturated heterocycles. The first kappa shape index (κ1) is 20.7. The highest BCUT2D eigenvalue weighted by molar-refractivity contribution is 7.91. The number of rotatable bonds is 7. The van der Waals surface area contributed by atoms with Gasteiger partial charge in [-0.15, -0.1) is 0 Å². The third-order valence-electron chi connectivity index (χ3n) is 4.33. The Kier molecular flexibility index (Phi) is 6.71. The molecule has 9 heteroatoms. The number of nitrogens with zero attached hydrogens (tertiary/aromatic N) is 2. The van der Waals surface area contributed by atoms with Gasteiger partial charge in [-0.05, 0) is 48.7 Å². The lowest BCUT2D eigenvalue weighted by atomic mass is 10.1. The van der Waals surface area contributed by atoms with Crippen LogP contribution in [-0.2, 0) is 24.2 Å². The maximum absolute atomic E-state index is 11.9. The molecule has 1 aliphatic rings. The number of carbonyl (C=O) groups is 2. The molecule has 8 nitrogen and oxygen atoms in total. The zero-order valence-corrected chi connectivity index (χ0v) is 16.5. The molecule has 0 spiro atoms. The summed E-state index contributed by atoms with van der Waals surface area (Å²) in [5.74, 6) is -1.17. The minimum atomic E-state index is -3.04. The molecule has 1 N–H and O–H groups in total. The number of hydrogen-bond acceptors (Lipinski definition) is 7. The van der Waals surface area contributed by atoms with Crippen LogP contribution in [0.2, 0.25) is 0 Å². The van der Waals surface area contributed by atoms with Gasteiger partial charge in [0.15, 0.2) is 16.4 Å². The molecule has 0 radical (unpaired) electrons. The number of amides is 1. The number of benzene rings is 2. The molecule has 1 atom stereocenters. The van der Waals surface area contributed by atoms with E-state index >= 15 is 0 Å². The predicted molar refractivity (Wildman–Crippen MR) is 108 cm³/mol. The van der Waals surface area contributed by atoms with Gasteiger partial charge in [0.2, 0.25) is 0 Å². The highest BCUT2D eigenvalue weighted by Crippen LogP contribution is 2.22. The molecule has 152 valence electrons. The Morgan fingerprint density at radius 1 is 1.00 bits per heavy atom. The molecule has 0 bridgehead atoms. The fraction of sp³-hybridized carbons (Fsp3) is 0.300. The fourth-order valence-corrected chi connectivity index (χ4v) is 4.75. The number of carbonyl (C=O) groups excluding carboxylic acids is 2. The average Bonchev–Trinajstić information content (AvgIpc) is 3.05. The van der Waals surface area contributed by atoms with Crippen molar-refractivity contribution in [2.75, 3.05) is 23.4 Å². The lowest BCUT2D eigenvalue weighted by molar-refractivity contribution is -0.148. The first-order valence-corrected chi connectivity index (χ1v) is 10.9. The van der Waals surface area contributed by atoms with Crippen LogP contribution < -0.4 is 5.32 Å². The number of hydrogen-bond donors (Lipinski definition) is 1. The second kappa shape index (κ2) is 9.42. The molecule has 1 amide bonds. The highest BCUT2D eigenvalue weighted by atomic mass is 32.2. The van der Waals surface area contributed by atoms with Crippen molar-refractivity contribution in [3.8, 4) is 0 Å². The lowest BCUT2D eigenvalue weighted by Gasteiger charge is -2.09. The minimum absolute atomic E-state index is 0.00224. The normalized spacial score (nSPS) is 17.9. The molecule has 0 aliphatic carbocycles. The van der Waals surface area contributed by atoms with Gasteiger partial charge in [-0.2, -0.15) is 10.2 Å². The second-order valence-corrected chi connectivity index (χ2v) is 8.99. The highest BCUT2D eigenvalue weighted by Gasteiger charge is 2.29. The number of anilines is 1. The van der Waals surface area contributed by atoms with Gasteiger partial charge in [0.25, 0.3) is 5.91 Å². The largest absolute Gasteiger partial charge is 0.456 e. The molecule has 0 saturated carbocycles. The van der Waals surface area contributed by atoms with Gasteiger partial charge >= 0.3 is 5.97 Å². The van der Waals surface area contributed by atoms with Crippen LogP contribution in [0.25, 0.3) is 0 Å². The van der Waals surface area contributed by atoms with Crippen molar-refractivity contribution >= 4 is 38.8 Å². The van der Waals surface area contributed by atoms with Crippen LogP contribution in [0.1, 0.15) is 12.8 Å². The summed E-state index contributed by atoms with van der Waals surface area (Å²) in [6.45, 7) is -0.423. The Labute approximate surface area is 168 Å². The summed E-state index contributed by atoms with van der Waals surface area (Å²) in [7, 11) is -3.04. The fourth-order valence-electron chi connectivity index (χ4n) is 2.89. The van der Waals surface area contributed by atoms with Gasteiger partial charge in [-0.25, -0.2) is 8.42 Å². The van der Waals surface area contributed by atoms with Crippen LogP contribution in [0.15, 0.2) is 64.8 Å². The Hall–Kier alpha value is -3.07. The van der Waals surface area contributed by atoms with E-state index in [1.165, 1.54) is 0 Å². The molecule has 1 heterocycles. The van der Waals surface area contributed by atoms with Gasteiger partial charge in [-0.1, -0.05) is 18.2 Å². The van der Waals surface area contributed by atoms with Crippen molar-refractivity contribution in [2.24, 2.45) is 16.1 Å². The van der Waals surface area contributed by atoms with Crippen LogP contribution in [0.5, 0.6) is 0 Å². The Morgan fingerprint density at radius 2 is 1.66 bits per heavy atom. The van der Waals surface area contributed by atoms with Gasteiger partial charge in [0.1, 0.15) is 0 Å². The van der Waals surface area contributed by atoms with E-state index in [-0.39, 0.29) is 23.8 Å².